The lowest BCUT2D eigenvalue weighted by atomic mass is 10.0. The standard InChI is InChI=1S/C31H36F3NO5/c1-2-28(36)39-21-15-11-9-7-5-3-4-6-8-10-14-20-38-27-19-18-23-22-25(30(37)40-29(23)35-27)24-16-12-13-17-26(24)31(32,33)34/h2,12-13,16-19,22H,1,3-11,14-15,20-21H2. The first-order valence-corrected chi connectivity index (χ1v) is 13.8. The van der Waals surface area contributed by atoms with Crippen LogP contribution in [0.1, 0.15) is 76.2 Å². The normalized spacial score (nSPS) is 11.5. The molecule has 6 nitrogen and oxygen atoms in total. The number of carbonyl (C=O) groups excluding carboxylic acids is 1. The highest BCUT2D eigenvalue weighted by Crippen LogP contribution is 2.36. The number of halogens is 3. The summed E-state index contributed by atoms with van der Waals surface area (Å²) in [5, 5.41) is 0.410. The number of rotatable bonds is 17. The Hall–Kier alpha value is -3.62. The van der Waals surface area contributed by atoms with Crippen LogP contribution in [0.25, 0.3) is 22.2 Å². The van der Waals surface area contributed by atoms with Gasteiger partial charge in [0, 0.05) is 23.1 Å². The first kappa shape index (κ1) is 30.9. The predicted octanol–water partition coefficient (Wildman–Crippen LogP) is 8.27. The lowest BCUT2D eigenvalue weighted by molar-refractivity contribution is -0.138. The molecule has 0 saturated carbocycles. The van der Waals surface area contributed by atoms with Gasteiger partial charge in [0.25, 0.3) is 0 Å². The maximum Gasteiger partial charge on any atom is 0.417 e. The Morgan fingerprint density at radius 2 is 1.45 bits per heavy atom. The molecule has 0 amide bonds. The Morgan fingerprint density at radius 1 is 0.850 bits per heavy atom. The highest BCUT2D eigenvalue weighted by atomic mass is 19.4. The Labute approximate surface area is 232 Å². The van der Waals surface area contributed by atoms with E-state index in [0.717, 1.165) is 44.6 Å². The third-order valence-electron chi connectivity index (χ3n) is 6.55. The van der Waals surface area contributed by atoms with Crippen molar-refractivity contribution in [2.75, 3.05) is 13.2 Å². The Morgan fingerprint density at radius 3 is 2.08 bits per heavy atom. The summed E-state index contributed by atoms with van der Waals surface area (Å²) in [6.45, 7) is 4.31. The van der Waals surface area contributed by atoms with Crippen LogP contribution >= 0.6 is 0 Å². The molecule has 0 atom stereocenters. The molecule has 1 aromatic carbocycles. The van der Waals surface area contributed by atoms with E-state index in [0.29, 0.717) is 24.5 Å². The average molecular weight is 560 g/mol. The van der Waals surface area contributed by atoms with E-state index in [-0.39, 0.29) is 22.8 Å². The van der Waals surface area contributed by atoms with Gasteiger partial charge in [-0.2, -0.15) is 18.2 Å². The summed E-state index contributed by atoms with van der Waals surface area (Å²) in [5.74, 6) is -0.0569. The zero-order chi connectivity index (χ0) is 28.8. The molecule has 0 radical (unpaired) electrons. The number of benzene rings is 1. The molecule has 0 fully saturated rings. The molecule has 2 aromatic heterocycles. The monoisotopic (exact) mass is 559 g/mol. The number of ether oxygens (including phenoxy) is 2. The predicted molar refractivity (Wildman–Crippen MR) is 148 cm³/mol. The van der Waals surface area contributed by atoms with Crippen LogP contribution in [0, 0.1) is 0 Å². The first-order valence-electron chi connectivity index (χ1n) is 13.8. The summed E-state index contributed by atoms with van der Waals surface area (Å²) in [5.41, 5.74) is -2.16. The Kier molecular flexibility index (Phi) is 12.2. The minimum atomic E-state index is -4.60. The maximum atomic E-state index is 13.4. The molecule has 3 rings (SSSR count). The zero-order valence-electron chi connectivity index (χ0n) is 22.6. The molecule has 0 spiro atoms. The van der Waals surface area contributed by atoms with Crippen LogP contribution in [0.2, 0.25) is 0 Å². The van der Waals surface area contributed by atoms with Crippen LogP contribution in [-0.4, -0.2) is 24.2 Å². The van der Waals surface area contributed by atoms with E-state index < -0.39 is 17.4 Å². The molecule has 40 heavy (non-hydrogen) atoms. The first-order chi connectivity index (χ1) is 19.3. The molecular weight excluding hydrogens is 523 g/mol. The van der Waals surface area contributed by atoms with E-state index >= 15 is 0 Å². The molecule has 0 aliphatic carbocycles. The van der Waals surface area contributed by atoms with Crippen molar-refractivity contribution in [3.8, 4) is 17.0 Å². The molecule has 0 aliphatic rings. The number of hydrogen-bond donors (Lipinski definition) is 0. The fraction of sp³-hybridized carbons (Fsp3) is 0.452. The summed E-state index contributed by atoms with van der Waals surface area (Å²) in [7, 11) is 0. The number of esters is 1. The molecule has 0 bridgehead atoms. The van der Waals surface area contributed by atoms with Crippen molar-refractivity contribution in [1.29, 1.82) is 0 Å². The van der Waals surface area contributed by atoms with E-state index in [2.05, 4.69) is 11.6 Å². The van der Waals surface area contributed by atoms with Gasteiger partial charge < -0.3 is 13.9 Å². The Balaban J connectivity index is 1.33. The van der Waals surface area contributed by atoms with E-state index in [1.54, 1.807) is 12.1 Å². The van der Waals surface area contributed by atoms with Crippen molar-refractivity contribution >= 4 is 17.1 Å². The highest BCUT2D eigenvalue weighted by molar-refractivity contribution is 5.81. The zero-order valence-corrected chi connectivity index (χ0v) is 22.6. The number of unbranched alkanes of at least 4 members (excludes halogenated alkanes) is 10. The van der Waals surface area contributed by atoms with E-state index in [9.17, 15) is 22.8 Å². The van der Waals surface area contributed by atoms with Crippen LogP contribution in [0.4, 0.5) is 13.2 Å². The fourth-order valence-electron chi connectivity index (χ4n) is 4.42. The SMILES string of the molecule is C=CC(=O)OCCCCCCCCCCCCCOc1ccc2cc(-c3ccccc3C(F)(F)F)c(=O)oc2n1. The van der Waals surface area contributed by atoms with Gasteiger partial charge >= 0.3 is 17.8 Å². The molecule has 0 unspecified atom stereocenters. The number of nitrogens with zero attached hydrogens (tertiary/aromatic N) is 1. The van der Waals surface area contributed by atoms with Crippen molar-refractivity contribution in [1.82, 2.24) is 4.98 Å². The van der Waals surface area contributed by atoms with Crippen LogP contribution in [-0.2, 0) is 15.7 Å². The third kappa shape index (κ3) is 9.84. The largest absolute Gasteiger partial charge is 0.478 e. The third-order valence-corrected chi connectivity index (χ3v) is 6.55. The van der Waals surface area contributed by atoms with E-state index in [1.165, 1.54) is 62.4 Å². The van der Waals surface area contributed by atoms with Crippen molar-refractivity contribution in [2.45, 2.75) is 76.8 Å². The second-order valence-electron chi connectivity index (χ2n) is 9.64. The van der Waals surface area contributed by atoms with Crippen molar-refractivity contribution in [3.63, 3.8) is 0 Å². The molecule has 0 aliphatic heterocycles. The number of pyridine rings is 1. The van der Waals surface area contributed by atoms with Crippen LogP contribution in [0.3, 0.4) is 0 Å². The van der Waals surface area contributed by atoms with Gasteiger partial charge in [-0.1, -0.05) is 82.6 Å². The van der Waals surface area contributed by atoms with Gasteiger partial charge in [-0.05, 0) is 31.0 Å². The summed E-state index contributed by atoms with van der Waals surface area (Å²) >= 11 is 0. The van der Waals surface area contributed by atoms with Crippen molar-refractivity contribution < 1.29 is 31.9 Å². The average Bonchev–Trinajstić information content (AvgIpc) is 2.94. The maximum absolute atomic E-state index is 13.4. The summed E-state index contributed by atoms with van der Waals surface area (Å²) < 4.78 is 56.1. The van der Waals surface area contributed by atoms with Gasteiger partial charge in [0.05, 0.1) is 24.3 Å². The lowest BCUT2D eigenvalue weighted by Crippen LogP contribution is -2.11. The van der Waals surface area contributed by atoms with Gasteiger partial charge in [0.2, 0.25) is 11.6 Å². The fourth-order valence-corrected chi connectivity index (χ4v) is 4.42. The number of fused-ring (bicyclic) bond motifs is 1. The van der Waals surface area contributed by atoms with Crippen molar-refractivity contribution in [3.05, 3.63) is 71.1 Å². The number of hydrogen-bond acceptors (Lipinski definition) is 6. The van der Waals surface area contributed by atoms with Gasteiger partial charge in [0.15, 0.2) is 0 Å². The highest BCUT2D eigenvalue weighted by Gasteiger charge is 2.34. The number of alkyl halides is 3. The summed E-state index contributed by atoms with van der Waals surface area (Å²) in [6.07, 6.45) is 8.76. The van der Waals surface area contributed by atoms with E-state index in [4.69, 9.17) is 13.9 Å². The van der Waals surface area contributed by atoms with Gasteiger partial charge in [-0.15, -0.1) is 0 Å². The quantitative estimate of drug-likeness (QED) is 0.0941. The van der Waals surface area contributed by atoms with Crippen LogP contribution < -0.4 is 10.4 Å². The number of carbonyl (C=O) groups is 1. The molecule has 216 valence electrons. The topological polar surface area (TPSA) is 78.6 Å². The lowest BCUT2D eigenvalue weighted by Gasteiger charge is -2.12. The molecule has 9 heteroatoms. The van der Waals surface area contributed by atoms with Gasteiger partial charge in [-0.25, -0.2) is 9.59 Å². The second kappa shape index (κ2) is 15.8. The summed E-state index contributed by atoms with van der Waals surface area (Å²) in [4.78, 5) is 27.7. The molecule has 3 aromatic rings. The van der Waals surface area contributed by atoms with Gasteiger partial charge in [0.1, 0.15) is 0 Å². The molecular formula is C31H36F3NO5. The minimum absolute atomic E-state index is 0.0202. The molecule has 0 N–H and O–H groups in total. The number of aromatic nitrogens is 1. The van der Waals surface area contributed by atoms with Crippen molar-refractivity contribution in [2.24, 2.45) is 0 Å². The van der Waals surface area contributed by atoms with Crippen LogP contribution in [0.15, 0.2) is 64.3 Å². The summed E-state index contributed by atoms with van der Waals surface area (Å²) in [6, 6.07) is 9.53. The Bertz CT molecular complexity index is 1300. The van der Waals surface area contributed by atoms with Crippen LogP contribution in [0.5, 0.6) is 5.88 Å². The minimum Gasteiger partial charge on any atom is -0.478 e. The molecule has 2 heterocycles. The second-order valence-corrected chi connectivity index (χ2v) is 9.64. The molecule has 0 saturated heterocycles. The smallest absolute Gasteiger partial charge is 0.417 e. The van der Waals surface area contributed by atoms with E-state index in [1.807, 2.05) is 0 Å². The van der Waals surface area contributed by atoms with Gasteiger partial charge in [-0.3, -0.25) is 0 Å².